The van der Waals surface area contributed by atoms with Crippen molar-refractivity contribution in [2.75, 3.05) is 19.7 Å². The van der Waals surface area contributed by atoms with Crippen LogP contribution in [0.4, 0.5) is 0 Å². The first-order chi connectivity index (χ1) is 8.04. The molecule has 1 aliphatic rings. The molecule has 0 spiro atoms. The Balaban J connectivity index is 2.38. The van der Waals surface area contributed by atoms with Gasteiger partial charge in [-0.05, 0) is 19.8 Å². The van der Waals surface area contributed by atoms with Gasteiger partial charge in [0.25, 0.3) is 0 Å². The SMILES string of the molecule is CCOC(=O)C(=O)CC(=O)N1CCC(O)CC1. The summed E-state index contributed by atoms with van der Waals surface area (Å²) in [5, 5.41) is 9.27. The molecule has 0 aromatic heterocycles. The molecule has 0 atom stereocenters. The number of amides is 1. The number of rotatable bonds is 4. The Kier molecular flexibility index (Phi) is 5.09. The van der Waals surface area contributed by atoms with Gasteiger partial charge in [-0.15, -0.1) is 0 Å². The van der Waals surface area contributed by atoms with Crippen molar-refractivity contribution in [1.29, 1.82) is 0 Å². The van der Waals surface area contributed by atoms with Crippen LogP contribution in [0.2, 0.25) is 0 Å². The first kappa shape index (κ1) is 13.6. The maximum absolute atomic E-state index is 11.6. The Morgan fingerprint density at radius 2 is 1.88 bits per heavy atom. The topological polar surface area (TPSA) is 83.9 Å². The minimum atomic E-state index is -0.960. The second-order valence-electron chi connectivity index (χ2n) is 3.93. The summed E-state index contributed by atoms with van der Waals surface area (Å²) in [5.41, 5.74) is 0. The molecular weight excluding hydrogens is 226 g/mol. The molecule has 1 heterocycles. The summed E-state index contributed by atoms with van der Waals surface area (Å²) in [6.07, 6.45) is 0.202. The number of Topliss-reactive ketones (excluding diaryl/α,β-unsaturated/α-hetero) is 1. The predicted octanol–water partition coefficient (Wildman–Crippen LogP) is -0.508. The molecule has 6 heteroatoms. The lowest BCUT2D eigenvalue weighted by atomic mass is 10.1. The Morgan fingerprint density at radius 1 is 1.29 bits per heavy atom. The number of nitrogens with zero attached hydrogens (tertiary/aromatic N) is 1. The quantitative estimate of drug-likeness (QED) is 0.408. The number of hydrogen-bond donors (Lipinski definition) is 1. The first-order valence-electron chi connectivity index (χ1n) is 5.70. The molecule has 0 aromatic carbocycles. The van der Waals surface area contributed by atoms with Crippen molar-refractivity contribution in [1.82, 2.24) is 4.90 Å². The van der Waals surface area contributed by atoms with E-state index < -0.39 is 18.2 Å². The van der Waals surface area contributed by atoms with Crippen LogP contribution >= 0.6 is 0 Å². The average Bonchev–Trinajstić information content (AvgIpc) is 2.30. The van der Waals surface area contributed by atoms with E-state index in [0.29, 0.717) is 25.9 Å². The third-order valence-corrected chi connectivity index (χ3v) is 2.63. The second-order valence-corrected chi connectivity index (χ2v) is 3.93. The largest absolute Gasteiger partial charge is 0.460 e. The molecule has 17 heavy (non-hydrogen) atoms. The van der Waals surface area contributed by atoms with Gasteiger partial charge in [0.1, 0.15) is 0 Å². The van der Waals surface area contributed by atoms with Crippen LogP contribution < -0.4 is 0 Å². The Morgan fingerprint density at radius 3 is 2.41 bits per heavy atom. The number of aliphatic hydroxyl groups is 1. The van der Waals surface area contributed by atoms with Crippen LogP contribution in [0.15, 0.2) is 0 Å². The van der Waals surface area contributed by atoms with Gasteiger partial charge in [-0.1, -0.05) is 0 Å². The number of likely N-dealkylation sites (tertiary alicyclic amines) is 1. The van der Waals surface area contributed by atoms with E-state index in [4.69, 9.17) is 0 Å². The van der Waals surface area contributed by atoms with Crippen LogP contribution in [0.5, 0.6) is 0 Å². The smallest absolute Gasteiger partial charge is 0.375 e. The summed E-state index contributed by atoms with van der Waals surface area (Å²) in [7, 11) is 0. The number of carbonyl (C=O) groups excluding carboxylic acids is 3. The fourth-order valence-corrected chi connectivity index (χ4v) is 1.65. The van der Waals surface area contributed by atoms with Crippen molar-refractivity contribution in [3.63, 3.8) is 0 Å². The monoisotopic (exact) mass is 243 g/mol. The molecule has 0 radical (unpaired) electrons. The zero-order valence-corrected chi connectivity index (χ0v) is 9.85. The van der Waals surface area contributed by atoms with Gasteiger partial charge in [0.2, 0.25) is 11.7 Å². The van der Waals surface area contributed by atoms with Gasteiger partial charge in [-0.3, -0.25) is 9.59 Å². The van der Waals surface area contributed by atoms with Gasteiger partial charge < -0.3 is 14.7 Å². The summed E-state index contributed by atoms with van der Waals surface area (Å²) in [6.45, 7) is 2.57. The predicted molar refractivity (Wildman–Crippen MR) is 58.1 cm³/mol. The average molecular weight is 243 g/mol. The van der Waals surface area contributed by atoms with E-state index in [-0.39, 0.29) is 18.6 Å². The molecule has 0 bridgehead atoms. The van der Waals surface area contributed by atoms with E-state index in [2.05, 4.69) is 4.74 Å². The van der Waals surface area contributed by atoms with Crippen LogP contribution in [-0.2, 0) is 19.1 Å². The molecule has 6 nitrogen and oxygen atoms in total. The van der Waals surface area contributed by atoms with Gasteiger partial charge >= 0.3 is 5.97 Å². The first-order valence-corrected chi connectivity index (χ1v) is 5.70. The third kappa shape index (κ3) is 4.14. The van der Waals surface area contributed by atoms with E-state index >= 15 is 0 Å². The zero-order valence-electron chi connectivity index (χ0n) is 9.85. The highest BCUT2D eigenvalue weighted by molar-refractivity contribution is 6.36. The van der Waals surface area contributed by atoms with Gasteiger partial charge in [0, 0.05) is 13.1 Å². The summed E-state index contributed by atoms with van der Waals surface area (Å²) >= 11 is 0. The summed E-state index contributed by atoms with van der Waals surface area (Å²) in [5.74, 6) is -2.16. The van der Waals surface area contributed by atoms with Crippen molar-refractivity contribution in [3.05, 3.63) is 0 Å². The second kappa shape index (κ2) is 6.34. The maximum Gasteiger partial charge on any atom is 0.375 e. The van der Waals surface area contributed by atoms with Crippen LogP contribution in [0.25, 0.3) is 0 Å². The number of esters is 1. The molecule has 0 aliphatic carbocycles. The molecule has 1 fully saturated rings. The lowest BCUT2D eigenvalue weighted by Gasteiger charge is -2.29. The number of aliphatic hydroxyl groups excluding tert-OH is 1. The molecule has 1 amide bonds. The Hall–Kier alpha value is -1.43. The van der Waals surface area contributed by atoms with Crippen molar-refractivity contribution in [2.24, 2.45) is 0 Å². The van der Waals surface area contributed by atoms with Crippen molar-refractivity contribution >= 4 is 17.7 Å². The number of carbonyl (C=O) groups is 3. The van der Waals surface area contributed by atoms with E-state index in [1.807, 2.05) is 0 Å². The van der Waals surface area contributed by atoms with Gasteiger partial charge in [-0.25, -0.2) is 4.79 Å². The molecule has 1 rings (SSSR count). The highest BCUT2D eigenvalue weighted by atomic mass is 16.5. The van der Waals surface area contributed by atoms with Crippen LogP contribution in [-0.4, -0.2) is 53.5 Å². The molecule has 0 saturated carbocycles. The van der Waals surface area contributed by atoms with Crippen LogP contribution in [0.1, 0.15) is 26.2 Å². The number of ether oxygens (including phenoxy) is 1. The van der Waals surface area contributed by atoms with E-state index in [9.17, 15) is 19.5 Å². The Bertz CT molecular complexity index is 307. The standard InChI is InChI=1S/C11H17NO5/c1-2-17-11(16)9(14)7-10(15)12-5-3-8(13)4-6-12/h8,13H,2-7H2,1H3. The van der Waals surface area contributed by atoms with E-state index in [1.54, 1.807) is 6.92 Å². The fraction of sp³-hybridized carbons (Fsp3) is 0.727. The molecule has 96 valence electrons. The molecular formula is C11H17NO5. The lowest BCUT2D eigenvalue weighted by molar-refractivity contribution is -0.155. The number of ketones is 1. The summed E-state index contributed by atoms with van der Waals surface area (Å²) in [6, 6.07) is 0. The third-order valence-electron chi connectivity index (χ3n) is 2.63. The van der Waals surface area contributed by atoms with E-state index in [0.717, 1.165) is 0 Å². The molecule has 1 N–H and O–H groups in total. The fourth-order valence-electron chi connectivity index (χ4n) is 1.65. The Labute approximate surface area is 99.5 Å². The van der Waals surface area contributed by atoms with Crippen molar-refractivity contribution in [3.8, 4) is 0 Å². The van der Waals surface area contributed by atoms with Crippen LogP contribution in [0.3, 0.4) is 0 Å². The van der Waals surface area contributed by atoms with Gasteiger partial charge in [-0.2, -0.15) is 0 Å². The number of hydrogen-bond acceptors (Lipinski definition) is 5. The van der Waals surface area contributed by atoms with Crippen molar-refractivity contribution < 1.29 is 24.2 Å². The van der Waals surface area contributed by atoms with Crippen LogP contribution in [0, 0.1) is 0 Å². The molecule has 1 aliphatic heterocycles. The highest BCUT2D eigenvalue weighted by Crippen LogP contribution is 2.11. The number of piperidine rings is 1. The van der Waals surface area contributed by atoms with Gasteiger partial charge in [0.05, 0.1) is 19.1 Å². The van der Waals surface area contributed by atoms with Gasteiger partial charge in [0.15, 0.2) is 0 Å². The highest BCUT2D eigenvalue weighted by Gasteiger charge is 2.25. The zero-order chi connectivity index (χ0) is 12.8. The normalized spacial score (nSPS) is 16.7. The minimum Gasteiger partial charge on any atom is -0.460 e. The lowest BCUT2D eigenvalue weighted by Crippen LogP contribution is -2.41. The molecule has 0 aromatic rings. The van der Waals surface area contributed by atoms with Crippen molar-refractivity contribution in [2.45, 2.75) is 32.3 Å². The minimum absolute atomic E-state index is 0.120. The maximum atomic E-state index is 11.6. The van der Waals surface area contributed by atoms with E-state index in [1.165, 1.54) is 4.90 Å². The molecule has 1 saturated heterocycles. The summed E-state index contributed by atoms with van der Waals surface area (Å²) in [4.78, 5) is 35.4. The summed E-state index contributed by atoms with van der Waals surface area (Å²) < 4.78 is 4.51. The molecule has 0 unspecified atom stereocenters.